The summed E-state index contributed by atoms with van der Waals surface area (Å²) in [5, 5.41) is 0. The highest BCUT2D eigenvalue weighted by Gasteiger charge is 2.17. The van der Waals surface area contributed by atoms with Crippen LogP contribution in [0.25, 0.3) is 0 Å². The molecule has 0 saturated carbocycles. The second kappa shape index (κ2) is 5.07. The van der Waals surface area contributed by atoms with E-state index in [1.165, 1.54) is 22.4 Å². The molecule has 3 heteroatoms. The molecule has 0 spiro atoms. The molecule has 0 heterocycles. The lowest BCUT2D eigenvalue weighted by atomic mass is 9.84. The first-order valence-corrected chi connectivity index (χ1v) is 6.03. The van der Waals surface area contributed by atoms with Gasteiger partial charge in [0.1, 0.15) is 0 Å². The molecule has 0 unspecified atom stereocenters. The fraction of sp³-hybridized carbons (Fsp3) is 0.571. The smallest absolute Gasteiger partial charge is 0.0805 e. The quantitative estimate of drug-likeness (QED) is 0.480. The molecule has 1 aromatic rings. The van der Waals surface area contributed by atoms with E-state index in [9.17, 15) is 0 Å². The molecule has 0 aliphatic rings. The number of nitrogens with one attached hydrogen (secondary N) is 1. The summed E-state index contributed by atoms with van der Waals surface area (Å²) in [6.07, 6.45) is 0. The Morgan fingerprint density at radius 1 is 1.18 bits per heavy atom. The van der Waals surface area contributed by atoms with E-state index >= 15 is 0 Å². The highest BCUT2D eigenvalue weighted by molar-refractivity contribution is 5.60. The van der Waals surface area contributed by atoms with Crippen molar-refractivity contribution in [1.29, 1.82) is 0 Å². The lowest BCUT2D eigenvalue weighted by Crippen LogP contribution is -2.36. The Kier molecular flexibility index (Phi) is 4.17. The molecule has 0 aliphatic heterocycles. The largest absolute Gasteiger partial charge is 0.360 e. The maximum absolute atomic E-state index is 5.37. The van der Waals surface area contributed by atoms with E-state index in [1.54, 1.807) is 0 Å². The van der Waals surface area contributed by atoms with Gasteiger partial charge in [0.2, 0.25) is 0 Å². The minimum Gasteiger partial charge on any atom is -0.360 e. The van der Waals surface area contributed by atoms with Crippen molar-refractivity contribution < 1.29 is 0 Å². The van der Waals surface area contributed by atoms with Gasteiger partial charge in [0.05, 0.1) is 6.67 Å². The Hall–Kier alpha value is -1.06. The summed E-state index contributed by atoms with van der Waals surface area (Å²) in [5.74, 6) is 5.37. The Morgan fingerprint density at radius 3 is 2.00 bits per heavy atom. The number of nitrogens with zero attached hydrogens (tertiary/aromatic N) is 1. The van der Waals surface area contributed by atoms with Gasteiger partial charge in [-0.05, 0) is 36.0 Å². The molecule has 0 aliphatic carbocycles. The molecular formula is C14H25N3. The van der Waals surface area contributed by atoms with Crippen molar-refractivity contribution in [3.63, 3.8) is 0 Å². The zero-order valence-electron chi connectivity index (χ0n) is 11.9. The lowest BCUT2D eigenvalue weighted by Gasteiger charge is -2.27. The average Bonchev–Trinajstić information content (AvgIpc) is 2.15. The van der Waals surface area contributed by atoms with Crippen molar-refractivity contribution in [2.45, 2.75) is 40.0 Å². The number of aryl methyl sites for hydroxylation is 2. The van der Waals surface area contributed by atoms with Gasteiger partial charge in [-0.3, -0.25) is 5.84 Å². The zero-order valence-corrected chi connectivity index (χ0v) is 11.9. The Balaban J connectivity index is 3.20. The topological polar surface area (TPSA) is 41.3 Å². The van der Waals surface area contributed by atoms with Crippen LogP contribution in [0.2, 0.25) is 0 Å². The first kappa shape index (κ1) is 14.0. The predicted octanol–water partition coefficient (Wildman–Crippen LogP) is 2.46. The van der Waals surface area contributed by atoms with Crippen LogP contribution in [0.15, 0.2) is 12.1 Å². The van der Waals surface area contributed by atoms with Crippen LogP contribution in [0.1, 0.15) is 37.5 Å². The first-order valence-electron chi connectivity index (χ1n) is 6.03. The van der Waals surface area contributed by atoms with Crippen LogP contribution in [-0.4, -0.2) is 13.7 Å². The second-order valence-electron chi connectivity index (χ2n) is 5.77. The monoisotopic (exact) mass is 235 g/mol. The van der Waals surface area contributed by atoms with Gasteiger partial charge in [0.25, 0.3) is 0 Å². The molecule has 0 fully saturated rings. The minimum absolute atomic E-state index is 0.193. The molecule has 0 saturated heterocycles. The van der Waals surface area contributed by atoms with E-state index in [4.69, 9.17) is 5.84 Å². The zero-order chi connectivity index (χ0) is 13.2. The van der Waals surface area contributed by atoms with Gasteiger partial charge in [0.15, 0.2) is 0 Å². The third-order valence-corrected chi connectivity index (χ3v) is 3.07. The lowest BCUT2D eigenvalue weighted by molar-refractivity contribution is 0.589. The molecule has 96 valence electrons. The van der Waals surface area contributed by atoms with Crippen molar-refractivity contribution in [1.82, 2.24) is 5.43 Å². The SMILES string of the molecule is Cc1cc(C(C)(C)C)cc(C)c1N(C)CNN. The molecular weight excluding hydrogens is 210 g/mol. The number of hydrogen-bond acceptors (Lipinski definition) is 3. The summed E-state index contributed by atoms with van der Waals surface area (Å²) < 4.78 is 0. The molecule has 0 bridgehead atoms. The van der Waals surface area contributed by atoms with Crippen molar-refractivity contribution in [2.75, 3.05) is 18.6 Å². The molecule has 1 rings (SSSR count). The second-order valence-corrected chi connectivity index (χ2v) is 5.77. The summed E-state index contributed by atoms with van der Waals surface area (Å²) in [6.45, 7) is 11.7. The Labute approximate surface area is 105 Å². The summed E-state index contributed by atoms with van der Waals surface area (Å²) in [7, 11) is 2.05. The number of nitrogens with two attached hydrogens (primary N) is 1. The van der Waals surface area contributed by atoms with Gasteiger partial charge in [-0.15, -0.1) is 0 Å². The molecule has 3 nitrogen and oxygen atoms in total. The van der Waals surface area contributed by atoms with Crippen molar-refractivity contribution in [3.05, 3.63) is 28.8 Å². The first-order chi connectivity index (χ1) is 7.77. The van der Waals surface area contributed by atoms with Crippen LogP contribution in [-0.2, 0) is 5.41 Å². The van der Waals surface area contributed by atoms with Gasteiger partial charge in [-0.1, -0.05) is 32.9 Å². The molecule has 0 atom stereocenters. The number of hydrazine groups is 1. The molecule has 0 aromatic heterocycles. The maximum Gasteiger partial charge on any atom is 0.0805 e. The number of benzene rings is 1. The van der Waals surface area contributed by atoms with Gasteiger partial charge < -0.3 is 4.90 Å². The standard InChI is InChI=1S/C14H25N3/c1-10-7-12(14(3,4)5)8-11(2)13(10)17(6)9-16-15/h7-8,16H,9,15H2,1-6H3. The number of hydrogen-bond donors (Lipinski definition) is 2. The summed E-state index contributed by atoms with van der Waals surface area (Å²) in [4.78, 5) is 2.14. The summed E-state index contributed by atoms with van der Waals surface area (Å²) in [5.41, 5.74) is 8.12. The van der Waals surface area contributed by atoms with E-state index in [0.717, 1.165) is 0 Å². The van der Waals surface area contributed by atoms with Crippen molar-refractivity contribution in [3.8, 4) is 0 Å². The van der Waals surface area contributed by atoms with Gasteiger partial charge in [0, 0.05) is 12.7 Å². The van der Waals surface area contributed by atoms with Gasteiger partial charge in [-0.2, -0.15) is 0 Å². The fourth-order valence-electron chi connectivity index (χ4n) is 2.21. The highest BCUT2D eigenvalue weighted by atomic mass is 15.3. The fourth-order valence-corrected chi connectivity index (χ4v) is 2.21. The van der Waals surface area contributed by atoms with Gasteiger partial charge >= 0.3 is 0 Å². The minimum atomic E-state index is 0.193. The molecule has 17 heavy (non-hydrogen) atoms. The van der Waals surface area contributed by atoms with E-state index in [-0.39, 0.29) is 5.41 Å². The van der Waals surface area contributed by atoms with Crippen LogP contribution in [0.3, 0.4) is 0 Å². The van der Waals surface area contributed by atoms with Crippen LogP contribution >= 0.6 is 0 Å². The molecule has 0 radical (unpaired) electrons. The molecule has 1 aromatic carbocycles. The third kappa shape index (κ3) is 3.20. The Morgan fingerprint density at radius 2 is 1.65 bits per heavy atom. The maximum atomic E-state index is 5.37. The summed E-state index contributed by atoms with van der Waals surface area (Å²) in [6, 6.07) is 4.55. The van der Waals surface area contributed by atoms with E-state index in [1.807, 2.05) is 7.05 Å². The van der Waals surface area contributed by atoms with E-state index in [0.29, 0.717) is 6.67 Å². The number of rotatable bonds is 3. The van der Waals surface area contributed by atoms with Crippen LogP contribution in [0.4, 0.5) is 5.69 Å². The van der Waals surface area contributed by atoms with Crippen LogP contribution in [0, 0.1) is 13.8 Å². The number of anilines is 1. The molecule has 3 N–H and O–H groups in total. The van der Waals surface area contributed by atoms with E-state index in [2.05, 4.69) is 57.1 Å². The Bertz CT molecular complexity index is 368. The highest BCUT2D eigenvalue weighted by Crippen LogP contribution is 2.30. The van der Waals surface area contributed by atoms with Gasteiger partial charge in [-0.25, -0.2) is 5.43 Å². The summed E-state index contributed by atoms with van der Waals surface area (Å²) >= 11 is 0. The predicted molar refractivity (Wildman–Crippen MR) is 75.2 cm³/mol. The third-order valence-electron chi connectivity index (χ3n) is 3.07. The molecule has 0 amide bonds. The van der Waals surface area contributed by atoms with Crippen LogP contribution < -0.4 is 16.2 Å². The van der Waals surface area contributed by atoms with E-state index < -0.39 is 0 Å². The van der Waals surface area contributed by atoms with Crippen LogP contribution in [0.5, 0.6) is 0 Å². The average molecular weight is 235 g/mol. The van der Waals surface area contributed by atoms with Crippen molar-refractivity contribution in [2.24, 2.45) is 5.84 Å². The van der Waals surface area contributed by atoms with Crippen molar-refractivity contribution >= 4 is 5.69 Å². The normalized spacial score (nSPS) is 11.7.